The maximum atomic E-state index is 9.90. The van der Waals surface area contributed by atoms with Crippen LogP contribution in [0.4, 0.5) is 0 Å². The Bertz CT molecular complexity index is 293. The molecule has 0 saturated heterocycles. The number of carbonyl (C=O) groups is 2. The minimum absolute atomic E-state index is 0. The molecule has 0 aliphatic heterocycles. The zero-order valence-corrected chi connectivity index (χ0v) is 18.0. The molecule has 0 aromatic carbocycles. The largest absolute Gasteiger partial charge is 0.480 e. The third-order valence-electron chi connectivity index (χ3n) is 3.60. The van der Waals surface area contributed by atoms with Gasteiger partial charge in [0.2, 0.25) is 0 Å². The molecule has 0 aromatic rings. The van der Waals surface area contributed by atoms with Crippen molar-refractivity contribution in [2.24, 2.45) is 11.5 Å². The molecule has 2 fully saturated rings. The Hall–Kier alpha value is -0.426. The van der Waals surface area contributed by atoms with Crippen molar-refractivity contribution in [3.63, 3.8) is 0 Å². The van der Waals surface area contributed by atoms with Crippen molar-refractivity contribution in [2.45, 2.75) is 103 Å². The summed E-state index contributed by atoms with van der Waals surface area (Å²) in [5.41, 5.74) is 7.99. The first-order chi connectivity index (χ1) is 10.9. The van der Waals surface area contributed by atoms with Gasteiger partial charge in [0.25, 0.3) is 0 Å². The SMILES string of the molecule is C1CCCC1.C1CCCC1.CC(C)(N)C(=O)O.CC(C)(N)C(=O)O.[Ti]. The van der Waals surface area contributed by atoms with Crippen LogP contribution in [0.2, 0.25) is 0 Å². The van der Waals surface area contributed by atoms with Crippen LogP contribution in [0.5, 0.6) is 0 Å². The van der Waals surface area contributed by atoms with E-state index in [2.05, 4.69) is 0 Å². The third-order valence-corrected chi connectivity index (χ3v) is 3.60. The number of rotatable bonds is 2. The van der Waals surface area contributed by atoms with Crippen molar-refractivity contribution in [1.29, 1.82) is 0 Å². The molecule has 0 heterocycles. The summed E-state index contributed by atoms with van der Waals surface area (Å²) >= 11 is 0. The van der Waals surface area contributed by atoms with Gasteiger partial charge in [-0.15, -0.1) is 0 Å². The van der Waals surface area contributed by atoms with Gasteiger partial charge in [0.15, 0.2) is 0 Å². The Kier molecular flexibility index (Phi) is 18.5. The molecule has 0 bridgehead atoms. The standard InChI is InChI=1S/2C5H10.2C4H9NO2.Ti/c2*1-2-4-5-3-1;2*1-4(2,5)3(6)7;/h2*1-5H2;2*5H2,1-2H3,(H,6,7);. The van der Waals surface area contributed by atoms with Gasteiger partial charge >= 0.3 is 11.9 Å². The summed E-state index contributed by atoms with van der Waals surface area (Å²) in [6.07, 6.45) is 15.0. The first-order valence-corrected chi connectivity index (χ1v) is 8.93. The summed E-state index contributed by atoms with van der Waals surface area (Å²) in [5, 5.41) is 16.2. The minimum atomic E-state index is -1.08. The fraction of sp³-hybridized carbons (Fsp3) is 0.889. The summed E-state index contributed by atoms with van der Waals surface area (Å²) in [7, 11) is 0. The molecular weight excluding hydrogens is 356 g/mol. The normalized spacial score (nSPS) is 15.9. The van der Waals surface area contributed by atoms with Crippen LogP contribution >= 0.6 is 0 Å². The van der Waals surface area contributed by atoms with Crippen molar-refractivity contribution in [3.05, 3.63) is 0 Å². The molecule has 0 atom stereocenters. The Morgan fingerprint density at radius 3 is 0.720 bits per heavy atom. The van der Waals surface area contributed by atoms with Crippen molar-refractivity contribution in [1.82, 2.24) is 0 Å². The minimum Gasteiger partial charge on any atom is -0.480 e. The van der Waals surface area contributed by atoms with Crippen LogP contribution < -0.4 is 11.5 Å². The fourth-order valence-corrected chi connectivity index (χ4v) is 1.77. The average Bonchev–Trinajstić information content (AvgIpc) is 3.16. The number of carboxylic acid groups (broad SMARTS) is 2. The Labute approximate surface area is 168 Å². The van der Waals surface area contributed by atoms with Crippen molar-refractivity contribution in [3.8, 4) is 0 Å². The van der Waals surface area contributed by atoms with Gasteiger partial charge in [-0.1, -0.05) is 64.2 Å². The number of hydrogen-bond donors (Lipinski definition) is 4. The zero-order valence-electron chi connectivity index (χ0n) is 16.4. The maximum Gasteiger partial charge on any atom is 0.323 e. The van der Waals surface area contributed by atoms with Crippen molar-refractivity contribution < 1.29 is 41.5 Å². The zero-order chi connectivity index (χ0) is 19.2. The monoisotopic (exact) mass is 394 g/mol. The Balaban J connectivity index is -0.000000257. The second kappa shape index (κ2) is 15.8. The predicted molar refractivity (Wildman–Crippen MR) is 98.0 cm³/mol. The van der Waals surface area contributed by atoms with Gasteiger partial charge in [0.05, 0.1) is 0 Å². The van der Waals surface area contributed by atoms with Gasteiger partial charge < -0.3 is 21.7 Å². The van der Waals surface area contributed by atoms with Crippen LogP contribution in [-0.2, 0) is 31.3 Å². The second-order valence-corrected chi connectivity index (χ2v) is 7.59. The quantitative estimate of drug-likeness (QED) is 0.531. The molecule has 148 valence electrons. The molecule has 7 heteroatoms. The molecule has 2 aliphatic carbocycles. The number of hydrogen-bond acceptors (Lipinski definition) is 4. The molecule has 25 heavy (non-hydrogen) atoms. The van der Waals surface area contributed by atoms with E-state index in [1.807, 2.05) is 0 Å². The van der Waals surface area contributed by atoms with Gasteiger partial charge in [-0.05, 0) is 27.7 Å². The van der Waals surface area contributed by atoms with E-state index >= 15 is 0 Å². The van der Waals surface area contributed by atoms with E-state index in [9.17, 15) is 9.59 Å². The van der Waals surface area contributed by atoms with E-state index in [1.54, 1.807) is 0 Å². The van der Waals surface area contributed by atoms with E-state index in [1.165, 1.54) is 91.9 Å². The topological polar surface area (TPSA) is 127 Å². The van der Waals surface area contributed by atoms with E-state index in [4.69, 9.17) is 21.7 Å². The molecule has 0 unspecified atom stereocenters. The van der Waals surface area contributed by atoms with Crippen LogP contribution in [0, 0.1) is 0 Å². The Morgan fingerprint density at radius 1 is 0.600 bits per heavy atom. The van der Waals surface area contributed by atoms with E-state index in [0.717, 1.165) is 0 Å². The molecule has 6 N–H and O–H groups in total. The molecule has 0 aromatic heterocycles. The first-order valence-electron chi connectivity index (χ1n) is 8.93. The first kappa shape index (κ1) is 29.3. The van der Waals surface area contributed by atoms with Gasteiger partial charge in [0, 0.05) is 21.7 Å². The average molecular weight is 394 g/mol. The second-order valence-electron chi connectivity index (χ2n) is 7.59. The summed E-state index contributed by atoms with van der Waals surface area (Å²) in [5.74, 6) is -1.96. The molecule has 2 aliphatic rings. The summed E-state index contributed by atoms with van der Waals surface area (Å²) in [6.45, 7) is 5.76. The van der Waals surface area contributed by atoms with E-state index in [0.29, 0.717) is 0 Å². The number of carboxylic acids is 2. The molecule has 6 nitrogen and oxygen atoms in total. The molecule has 0 radical (unpaired) electrons. The third kappa shape index (κ3) is 23.6. The van der Waals surface area contributed by atoms with Gasteiger partial charge in [-0.2, -0.15) is 0 Å². The van der Waals surface area contributed by atoms with Gasteiger partial charge in [0.1, 0.15) is 11.1 Å². The van der Waals surface area contributed by atoms with E-state index in [-0.39, 0.29) is 21.7 Å². The fourth-order valence-electron chi connectivity index (χ4n) is 1.77. The predicted octanol–water partition coefficient (Wildman–Crippen LogP) is 3.52. The molecular formula is C18H38N2O4Ti. The van der Waals surface area contributed by atoms with Crippen LogP contribution in [0.1, 0.15) is 91.9 Å². The van der Waals surface area contributed by atoms with Crippen molar-refractivity contribution >= 4 is 11.9 Å². The van der Waals surface area contributed by atoms with Crippen LogP contribution in [0.3, 0.4) is 0 Å². The molecule has 0 spiro atoms. The Morgan fingerprint density at radius 2 is 0.680 bits per heavy atom. The summed E-state index contributed by atoms with van der Waals surface area (Å²) in [4.78, 5) is 19.8. The van der Waals surface area contributed by atoms with E-state index < -0.39 is 23.0 Å². The molecule has 0 amide bonds. The molecule has 2 saturated carbocycles. The molecule has 2 rings (SSSR count). The summed E-state index contributed by atoms with van der Waals surface area (Å²) in [6, 6.07) is 0. The number of aliphatic carboxylic acids is 2. The van der Waals surface area contributed by atoms with Gasteiger partial charge in [-0.3, -0.25) is 9.59 Å². The van der Waals surface area contributed by atoms with Crippen LogP contribution in [0.25, 0.3) is 0 Å². The summed E-state index contributed by atoms with van der Waals surface area (Å²) < 4.78 is 0. The number of nitrogens with two attached hydrogens (primary N) is 2. The van der Waals surface area contributed by atoms with Crippen LogP contribution in [-0.4, -0.2) is 33.2 Å². The maximum absolute atomic E-state index is 9.90. The van der Waals surface area contributed by atoms with Crippen LogP contribution in [0.15, 0.2) is 0 Å². The smallest absolute Gasteiger partial charge is 0.323 e. The van der Waals surface area contributed by atoms with Crippen molar-refractivity contribution in [2.75, 3.05) is 0 Å². The van der Waals surface area contributed by atoms with Gasteiger partial charge in [-0.25, -0.2) is 0 Å².